The number of piperidine rings is 1. The summed E-state index contributed by atoms with van der Waals surface area (Å²) in [6.07, 6.45) is 15.1. The van der Waals surface area contributed by atoms with Gasteiger partial charge in [-0.2, -0.15) is 0 Å². The highest BCUT2D eigenvalue weighted by molar-refractivity contribution is 6.42. The fourth-order valence-corrected chi connectivity index (χ4v) is 8.96. The normalized spacial score (nSPS) is 22.9. The van der Waals surface area contributed by atoms with Crippen LogP contribution in [-0.2, 0) is 27.2 Å². The second kappa shape index (κ2) is 14.1. The molecule has 1 unspecified atom stereocenters. The molecule has 1 saturated heterocycles. The van der Waals surface area contributed by atoms with Crippen LogP contribution in [0.4, 0.5) is 11.4 Å². The third-order valence-corrected chi connectivity index (χ3v) is 11.5. The summed E-state index contributed by atoms with van der Waals surface area (Å²) >= 11 is 0. The Labute approximate surface area is 291 Å². The number of aliphatic hydroxyl groups is 1. The topological polar surface area (TPSA) is 102 Å². The van der Waals surface area contributed by atoms with Gasteiger partial charge in [-0.25, -0.2) is 4.99 Å². The number of nitrogens with one attached hydrogen (secondary N) is 1. The Morgan fingerprint density at radius 3 is 2.37 bits per heavy atom. The zero-order valence-electron chi connectivity index (χ0n) is 29.7. The Hall–Kier alpha value is -3.94. The maximum Gasteiger partial charge on any atom is 0.249 e. The summed E-state index contributed by atoms with van der Waals surface area (Å²) in [6, 6.07) is 2.05. The molecule has 0 spiro atoms. The second-order valence-corrected chi connectivity index (χ2v) is 14.7. The van der Waals surface area contributed by atoms with Gasteiger partial charge in [0.1, 0.15) is 5.76 Å². The first-order valence-electron chi connectivity index (χ1n) is 19.1. The van der Waals surface area contributed by atoms with Gasteiger partial charge in [0.25, 0.3) is 0 Å². The van der Waals surface area contributed by atoms with E-state index in [4.69, 9.17) is 4.99 Å². The highest BCUT2D eigenvalue weighted by atomic mass is 16.3. The van der Waals surface area contributed by atoms with Crippen LogP contribution in [0.1, 0.15) is 121 Å². The lowest BCUT2D eigenvalue weighted by Crippen LogP contribution is -2.39. The van der Waals surface area contributed by atoms with Crippen molar-refractivity contribution in [3.05, 3.63) is 62.6 Å². The van der Waals surface area contributed by atoms with Crippen LogP contribution in [0.2, 0.25) is 0 Å². The van der Waals surface area contributed by atoms with E-state index in [2.05, 4.69) is 35.0 Å². The van der Waals surface area contributed by atoms with Crippen molar-refractivity contribution in [3.63, 3.8) is 0 Å². The molecule has 0 saturated carbocycles. The van der Waals surface area contributed by atoms with Crippen LogP contribution in [0, 0.1) is 5.92 Å². The van der Waals surface area contributed by atoms with E-state index >= 15 is 0 Å². The fourth-order valence-electron chi connectivity index (χ4n) is 8.96. The number of hydrogen-bond donors (Lipinski definition) is 2. The molecule has 2 amide bonds. The average molecular weight is 665 g/mol. The molecular formula is C41H52N4O4. The summed E-state index contributed by atoms with van der Waals surface area (Å²) in [5, 5.41) is 15.2. The van der Waals surface area contributed by atoms with Gasteiger partial charge in [0.05, 0.1) is 22.5 Å². The van der Waals surface area contributed by atoms with E-state index in [0.29, 0.717) is 29.0 Å². The van der Waals surface area contributed by atoms with Crippen LogP contribution in [0.25, 0.3) is 5.57 Å². The number of aliphatic hydroxyl groups excluding tert-OH is 1. The van der Waals surface area contributed by atoms with E-state index in [-0.39, 0.29) is 40.4 Å². The zero-order chi connectivity index (χ0) is 34.2. The maximum absolute atomic E-state index is 14.5. The van der Waals surface area contributed by atoms with Gasteiger partial charge >= 0.3 is 0 Å². The molecule has 2 aliphatic carbocycles. The van der Waals surface area contributed by atoms with Crippen molar-refractivity contribution in [3.8, 4) is 0 Å². The lowest BCUT2D eigenvalue weighted by molar-refractivity contribution is -0.122. The predicted octanol–water partition coefficient (Wildman–Crippen LogP) is 7.93. The van der Waals surface area contributed by atoms with E-state index in [1.807, 2.05) is 13.0 Å². The minimum atomic E-state index is -0.241. The quantitative estimate of drug-likeness (QED) is 0.246. The number of ketones is 1. The van der Waals surface area contributed by atoms with Gasteiger partial charge in [0.15, 0.2) is 0 Å². The number of rotatable bonds is 10. The van der Waals surface area contributed by atoms with Crippen LogP contribution < -0.4 is 10.2 Å². The second-order valence-electron chi connectivity index (χ2n) is 14.7. The monoisotopic (exact) mass is 664 g/mol. The molecule has 1 aromatic carbocycles. The highest BCUT2D eigenvalue weighted by Crippen LogP contribution is 2.49. The first-order chi connectivity index (χ1) is 23.9. The van der Waals surface area contributed by atoms with E-state index in [1.54, 1.807) is 0 Å². The largest absolute Gasteiger partial charge is 0.506 e. The molecule has 2 N–H and O–H groups in total. The summed E-state index contributed by atoms with van der Waals surface area (Å²) in [5.41, 5.74) is 9.84. The van der Waals surface area contributed by atoms with Crippen molar-refractivity contribution in [1.82, 2.24) is 4.90 Å². The highest BCUT2D eigenvalue weighted by Gasteiger charge is 2.43. The van der Waals surface area contributed by atoms with Gasteiger partial charge in [-0.15, -0.1) is 0 Å². The molecule has 49 heavy (non-hydrogen) atoms. The van der Waals surface area contributed by atoms with E-state index in [0.717, 1.165) is 127 Å². The van der Waals surface area contributed by atoms with Crippen molar-refractivity contribution < 1.29 is 19.5 Å². The number of carbonyl (C=O) groups excluding carboxylic acids is 3. The molecular weight excluding hydrogens is 612 g/mol. The fraction of sp³-hybridized carbons (Fsp3) is 0.561. The molecule has 1 fully saturated rings. The SMILES string of the molecule is CCCCC(=O)Nc1c(C2=C(O)C(=C3C=C4CCCN5CCCC(=C45)C3=NC(=O)C(CC)CCCC)C2=O)cc2c3c1CCCN3CCC2. The first-order valence-corrected chi connectivity index (χ1v) is 19.1. The molecule has 1 aromatic rings. The minimum Gasteiger partial charge on any atom is -0.506 e. The van der Waals surface area contributed by atoms with Crippen LogP contribution in [0.5, 0.6) is 0 Å². The third kappa shape index (κ3) is 5.99. The molecule has 1 atom stereocenters. The van der Waals surface area contributed by atoms with Gasteiger partial charge in [-0.3, -0.25) is 14.4 Å². The van der Waals surface area contributed by atoms with Crippen molar-refractivity contribution >= 4 is 40.3 Å². The number of allylic oxidation sites excluding steroid dienone is 6. The van der Waals surface area contributed by atoms with Crippen LogP contribution in [0.3, 0.4) is 0 Å². The number of carbonyl (C=O) groups is 3. The maximum atomic E-state index is 14.5. The average Bonchev–Trinajstić information content (AvgIpc) is 3.11. The number of aliphatic imine (C=N–C) groups is 1. The van der Waals surface area contributed by atoms with E-state index < -0.39 is 0 Å². The summed E-state index contributed by atoms with van der Waals surface area (Å²) in [4.78, 5) is 51.2. The van der Waals surface area contributed by atoms with Gasteiger partial charge in [-0.1, -0.05) is 40.0 Å². The number of hydrogen-bond acceptors (Lipinski definition) is 6. The van der Waals surface area contributed by atoms with Crippen LogP contribution in [-0.4, -0.2) is 59.5 Å². The van der Waals surface area contributed by atoms with Gasteiger partial charge in [0, 0.05) is 66.6 Å². The summed E-state index contributed by atoms with van der Waals surface area (Å²) in [7, 11) is 0. The Morgan fingerprint density at radius 2 is 1.63 bits per heavy atom. The summed E-state index contributed by atoms with van der Waals surface area (Å²) in [6.45, 7) is 10.2. The Balaban J connectivity index is 1.38. The van der Waals surface area contributed by atoms with Gasteiger partial charge in [0.2, 0.25) is 17.6 Å². The molecule has 7 rings (SSSR count). The Bertz CT molecular complexity index is 1740. The summed E-state index contributed by atoms with van der Waals surface area (Å²) in [5.74, 6) is -0.650. The molecule has 0 radical (unpaired) electrons. The lowest BCUT2D eigenvalue weighted by atomic mass is 9.73. The molecule has 6 aliphatic rings. The van der Waals surface area contributed by atoms with Crippen LogP contribution >= 0.6 is 0 Å². The van der Waals surface area contributed by atoms with E-state index in [1.165, 1.54) is 22.5 Å². The lowest BCUT2D eigenvalue weighted by Gasteiger charge is -2.42. The molecule has 0 aromatic heterocycles. The smallest absolute Gasteiger partial charge is 0.249 e. The van der Waals surface area contributed by atoms with Crippen molar-refractivity contribution in [1.29, 1.82) is 0 Å². The van der Waals surface area contributed by atoms with Crippen molar-refractivity contribution in [2.24, 2.45) is 10.9 Å². The van der Waals surface area contributed by atoms with Gasteiger partial charge < -0.3 is 20.2 Å². The minimum absolute atomic E-state index is 0.0535. The third-order valence-electron chi connectivity index (χ3n) is 11.5. The number of amides is 2. The Kier molecular flexibility index (Phi) is 9.67. The Morgan fingerprint density at radius 1 is 0.918 bits per heavy atom. The zero-order valence-corrected chi connectivity index (χ0v) is 29.7. The van der Waals surface area contributed by atoms with Crippen molar-refractivity contribution in [2.75, 3.05) is 36.4 Å². The number of Topliss-reactive ketones (excluding diaryl/α,β-unsaturated/α-hetero) is 1. The molecule has 4 heterocycles. The standard InChI is InChI=1S/C41H52N4O4/c1-4-7-13-25(6-3)41(49)43-36-29-17-12-22-45-20-10-15-27(38(29)45)24-31(36)34-39(47)33(40(34)48)30-23-26-14-9-19-44-21-11-16-28(37(26)44)35(30)42-32(46)18-8-5-2/h23-25,47H,4-22H2,1-3H3,(H,42,46). The van der Waals surface area contributed by atoms with Gasteiger partial charge in [-0.05, 0) is 99.5 Å². The number of benzene rings is 1. The van der Waals surface area contributed by atoms with E-state index in [9.17, 15) is 19.5 Å². The number of anilines is 2. The predicted molar refractivity (Wildman–Crippen MR) is 196 cm³/mol. The van der Waals surface area contributed by atoms with Crippen LogP contribution in [0.15, 0.2) is 50.9 Å². The first kappa shape index (κ1) is 33.6. The molecule has 260 valence electrons. The summed E-state index contributed by atoms with van der Waals surface area (Å²) < 4.78 is 0. The number of unbranched alkanes of at least 4 members (excludes halogenated alkanes) is 2. The molecule has 0 bridgehead atoms. The van der Waals surface area contributed by atoms with Crippen molar-refractivity contribution in [2.45, 2.75) is 117 Å². The number of nitrogens with zero attached hydrogens (tertiary/aromatic N) is 3. The number of aryl methyl sites for hydroxylation is 1. The molecule has 8 nitrogen and oxygen atoms in total. The molecule has 8 heteroatoms. The molecule has 4 aliphatic heterocycles.